The predicted octanol–water partition coefficient (Wildman–Crippen LogP) is 3.13. The Hall–Kier alpha value is -2.18. The molecule has 1 amide bonds. The molecule has 1 aromatic carbocycles. The summed E-state index contributed by atoms with van der Waals surface area (Å²) in [7, 11) is 0. The Morgan fingerprint density at radius 1 is 1.21 bits per heavy atom. The highest BCUT2D eigenvalue weighted by atomic mass is 35.5. The number of carbonyl (C=O) groups is 2. The van der Waals surface area contributed by atoms with Gasteiger partial charge in [0.2, 0.25) is 0 Å². The number of aromatic nitrogens is 2. The Labute approximate surface area is 149 Å². The van der Waals surface area contributed by atoms with Crippen molar-refractivity contribution in [3.8, 4) is 0 Å². The van der Waals surface area contributed by atoms with Gasteiger partial charge < -0.3 is 10.1 Å². The van der Waals surface area contributed by atoms with Gasteiger partial charge in [0.1, 0.15) is 0 Å². The van der Waals surface area contributed by atoms with Gasteiger partial charge in [-0.15, -0.1) is 0 Å². The molecule has 0 aliphatic rings. The minimum Gasteiger partial charge on any atom is -0.451 e. The number of ether oxygens (including phenoxy) is 1. The first kappa shape index (κ1) is 18.2. The normalized spacial score (nSPS) is 11.7. The molecule has 0 aliphatic heterocycles. The van der Waals surface area contributed by atoms with Crippen LogP contribution in [0.5, 0.6) is 0 Å². The predicted molar refractivity (Wildman–Crippen MR) is 90.1 cm³/mol. The van der Waals surface area contributed by atoms with E-state index in [2.05, 4.69) is 15.3 Å². The highest BCUT2D eigenvalue weighted by Crippen LogP contribution is 2.25. The molecule has 0 bridgehead atoms. The molecule has 24 heavy (non-hydrogen) atoms. The molecule has 1 aromatic heterocycles. The number of hydrogen-bond donors (Lipinski definition) is 1. The maximum absolute atomic E-state index is 11.9. The van der Waals surface area contributed by atoms with E-state index in [9.17, 15) is 9.59 Å². The van der Waals surface area contributed by atoms with Crippen molar-refractivity contribution in [1.29, 1.82) is 0 Å². The number of halogens is 2. The third kappa shape index (κ3) is 4.91. The Kier molecular flexibility index (Phi) is 6.11. The molecule has 0 unspecified atom stereocenters. The number of carbonyl (C=O) groups excluding carboxylic acids is 2. The summed E-state index contributed by atoms with van der Waals surface area (Å²) in [5.74, 6) is -1.15. The molecule has 0 saturated carbocycles. The van der Waals surface area contributed by atoms with E-state index in [0.717, 1.165) is 5.56 Å². The first-order valence-corrected chi connectivity index (χ1v) is 7.82. The van der Waals surface area contributed by atoms with E-state index in [0.29, 0.717) is 15.7 Å². The minimum atomic E-state index is -0.708. The van der Waals surface area contributed by atoms with Gasteiger partial charge in [0.25, 0.3) is 5.91 Å². The van der Waals surface area contributed by atoms with E-state index in [1.54, 1.807) is 32.0 Å². The van der Waals surface area contributed by atoms with Crippen LogP contribution in [-0.2, 0) is 9.53 Å². The molecule has 0 aliphatic carbocycles. The van der Waals surface area contributed by atoms with Gasteiger partial charge in [0, 0.05) is 6.20 Å². The molecule has 1 N–H and O–H groups in total. The molecule has 126 valence electrons. The zero-order chi connectivity index (χ0) is 17.7. The second kappa shape index (κ2) is 8.08. The maximum atomic E-state index is 11.9. The van der Waals surface area contributed by atoms with Gasteiger partial charge in [-0.1, -0.05) is 29.3 Å². The second-order valence-corrected chi connectivity index (χ2v) is 5.90. The highest BCUT2D eigenvalue weighted by molar-refractivity contribution is 6.42. The number of aryl methyl sites for hydroxylation is 1. The van der Waals surface area contributed by atoms with Crippen LogP contribution in [0.3, 0.4) is 0 Å². The van der Waals surface area contributed by atoms with Crippen molar-refractivity contribution < 1.29 is 14.3 Å². The lowest BCUT2D eigenvalue weighted by molar-refractivity contribution is -0.124. The van der Waals surface area contributed by atoms with Crippen LogP contribution in [0.2, 0.25) is 10.0 Å². The van der Waals surface area contributed by atoms with Gasteiger partial charge in [0.05, 0.1) is 28.0 Å². The van der Waals surface area contributed by atoms with E-state index < -0.39 is 18.5 Å². The van der Waals surface area contributed by atoms with Gasteiger partial charge in [0.15, 0.2) is 12.3 Å². The largest absolute Gasteiger partial charge is 0.451 e. The number of benzene rings is 1. The average molecular weight is 368 g/mol. The number of nitrogens with zero attached hydrogens (tertiary/aromatic N) is 2. The van der Waals surface area contributed by atoms with Crippen LogP contribution in [0.4, 0.5) is 0 Å². The van der Waals surface area contributed by atoms with Gasteiger partial charge in [-0.2, -0.15) is 0 Å². The monoisotopic (exact) mass is 367 g/mol. The van der Waals surface area contributed by atoms with Crippen LogP contribution in [0.25, 0.3) is 0 Å². The van der Waals surface area contributed by atoms with Gasteiger partial charge in [-0.05, 0) is 31.5 Å². The zero-order valence-corrected chi connectivity index (χ0v) is 14.6. The van der Waals surface area contributed by atoms with Crippen LogP contribution >= 0.6 is 23.2 Å². The quantitative estimate of drug-likeness (QED) is 0.821. The molecule has 8 heteroatoms. The van der Waals surface area contributed by atoms with E-state index in [4.69, 9.17) is 27.9 Å². The Morgan fingerprint density at radius 2 is 1.96 bits per heavy atom. The summed E-state index contributed by atoms with van der Waals surface area (Å²) < 4.78 is 4.91. The summed E-state index contributed by atoms with van der Waals surface area (Å²) >= 11 is 11.8. The van der Waals surface area contributed by atoms with Crippen molar-refractivity contribution in [3.63, 3.8) is 0 Å². The third-order valence-corrected chi connectivity index (χ3v) is 3.88. The molecule has 2 aromatic rings. The van der Waals surface area contributed by atoms with Gasteiger partial charge >= 0.3 is 5.97 Å². The number of rotatable bonds is 5. The van der Waals surface area contributed by atoms with Crippen LogP contribution in [0.15, 0.2) is 30.6 Å². The number of amides is 1. The molecule has 2 rings (SSSR count). The minimum absolute atomic E-state index is 0.0472. The van der Waals surface area contributed by atoms with Crippen molar-refractivity contribution in [2.75, 3.05) is 6.61 Å². The molecule has 0 saturated heterocycles. The maximum Gasteiger partial charge on any atom is 0.359 e. The molecule has 1 heterocycles. The molecule has 0 fully saturated rings. The van der Waals surface area contributed by atoms with Crippen LogP contribution in [0.1, 0.15) is 34.7 Å². The summed E-state index contributed by atoms with van der Waals surface area (Å²) in [5, 5.41) is 3.54. The van der Waals surface area contributed by atoms with E-state index in [1.165, 1.54) is 12.4 Å². The Morgan fingerprint density at radius 3 is 2.58 bits per heavy atom. The van der Waals surface area contributed by atoms with E-state index in [-0.39, 0.29) is 11.7 Å². The Bertz CT molecular complexity index is 751. The standard InChI is InChI=1S/C16H15Cl2N3O3/c1-9-6-20-14(7-19-9)16(23)24-8-15(22)21-10(2)11-3-4-12(17)13(18)5-11/h3-7,10H,8H2,1-2H3,(H,21,22)/t10-/m0/s1. The van der Waals surface area contributed by atoms with Gasteiger partial charge in [-0.3, -0.25) is 9.78 Å². The van der Waals surface area contributed by atoms with Crippen molar-refractivity contribution >= 4 is 35.1 Å². The second-order valence-electron chi connectivity index (χ2n) is 5.08. The lowest BCUT2D eigenvalue weighted by atomic mass is 10.1. The van der Waals surface area contributed by atoms with Crippen LogP contribution in [-0.4, -0.2) is 28.5 Å². The lowest BCUT2D eigenvalue weighted by Crippen LogP contribution is -2.31. The summed E-state index contributed by atoms with van der Waals surface area (Å²) in [6.45, 7) is 3.12. The van der Waals surface area contributed by atoms with Crippen LogP contribution < -0.4 is 5.32 Å². The van der Waals surface area contributed by atoms with Gasteiger partial charge in [-0.25, -0.2) is 9.78 Å². The van der Waals surface area contributed by atoms with Crippen molar-refractivity contribution in [3.05, 3.63) is 57.6 Å². The SMILES string of the molecule is Cc1cnc(C(=O)OCC(=O)N[C@@H](C)c2ccc(Cl)c(Cl)c2)cn1. The average Bonchev–Trinajstić information content (AvgIpc) is 2.55. The molecule has 6 nitrogen and oxygen atoms in total. The smallest absolute Gasteiger partial charge is 0.359 e. The molecular formula is C16H15Cl2N3O3. The molecule has 0 radical (unpaired) electrons. The first-order valence-electron chi connectivity index (χ1n) is 7.07. The third-order valence-electron chi connectivity index (χ3n) is 3.15. The number of nitrogens with one attached hydrogen (secondary N) is 1. The van der Waals surface area contributed by atoms with E-state index in [1.807, 2.05) is 0 Å². The first-order chi connectivity index (χ1) is 11.4. The molecular weight excluding hydrogens is 353 g/mol. The number of esters is 1. The zero-order valence-electron chi connectivity index (χ0n) is 13.0. The van der Waals surface area contributed by atoms with E-state index >= 15 is 0 Å². The molecule has 1 atom stereocenters. The summed E-state index contributed by atoms with van der Waals surface area (Å²) in [6.07, 6.45) is 2.75. The van der Waals surface area contributed by atoms with Crippen LogP contribution in [0, 0.1) is 6.92 Å². The fourth-order valence-electron chi connectivity index (χ4n) is 1.85. The highest BCUT2D eigenvalue weighted by Gasteiger charge is 2.15. The summed E-state index contributed by atoms with van der Waals surface area (Å²) in [6, 6.07) is 4.76. The Balaban J connectivity index is 1.87. The fourth-order valence-corrected chi connectivity index (χ4v) is 2.16. The van der Waals surface area contributed by atoms with Crippen molar-refractivity contribution in [1.82, 2.24) is 15.3 Å². The summed E-state index contributed by atoms with van der Waals surface area (Å²) in [5.41, 5.74) is 1.51. The molecule has 0 spiro atoms. The van der Waals surface area contributed by atoms with Crippen molar-refractivity contribution in [2.24, 2.45) is 0 Å². The van der Waals surface area contributed by atoms with Crippen molar-refractivity contribution in [2.45, 2.75) is 19.9 Å². The lowest BCUT2D eigenvalue weighted by Gasteiger charge is -2.15. The topological polar surface area (TPSA) is 81.2 Å². The summed E-state index contributed by atoms with van der Waals surface area (Å²) in [4.78, 5) is 31.5. The fraction of sp³-hybridized carbons (Fsp3) is 0.250. The number of hydrogen-bond acceptors (Lipinski definition) is 5.